The number of nitro benzene ring substituents is 1. The molecule has 3 aromatic carbocycles. The Morgan fingerprint density at radius 3 is 2.26 bits per heavy atom. The third-order valence-electron chi connectivity index (χ3n) is 5.31. The van der Waals surface area contributed by atoms with Crippen molar-refractivity contribution in [1.29, 1.82) is 0 Å². The molecule has 0 atom stereocenters. The fourth-order valence-corrected chi connectivity index (χ4v) is 4.15. The maximum Gasteiger partial charge on any atom is 0.282 e. The number of aryl methyl sites for hydroxylation is 1. The van der Waals surface area contributed by atoms with Gasteiger partial charge in [-0.15, -0.1) is 0 Å². The van der Waals surface area contributed by atoms with Gasteiger partial charge in [-0.3, -0.25) is 19.8 Å². The van der Waals surface area contributed by atoms with Crippen molar-refractivity contribution in [2.75, 3.05) is 19.1 Å². The second-order valence-corrected chi connectivity index (χ2v) is 8.31. The minimum Gasteiger partial charge on any atom is -0.496 e. The van der Waals surface area contributed by atoms with Gasteiger partial charge in [0.05, 0.1) is 29.3 Å². The van der Waals surface area contributed by atoms with Gasteiger partial charge in [-0.1, -0.05) is 0 Å². The highest BCUT2D eigenvalue weighted by Gasteiger charge is 2.33. The monoisotopic (exact) mass is 521 g/mol. The van der Waals surface area contributed by atoms with Crippen LogP contribution in [-0.4, -0.2) is 30.9 Å². The fourth-order valence-electron chi connectivity index (χ4n) is 3.61. The van der Waals surface area contributed by atoms with Crippen molar-refractivity contribution in [3.05, 3.63) is 97.6 Å². The van der Waals surface area contributed by atoms with Crippen molar-refractivity contribution in [1.82, 2.24) is 0 Å². The molecule has 0 aromatic heterocycles. The number of halogens is 1. The summed E-state index contributed by atoms with van der Waals surface area (Å²) >= 11 is 3.49. The maximum absolute atomic E-state index is 13.5. The van der Waals surface area contributed by atoms with Gasteiger partial charge >= 0.3 is 0 Å². The van der Waals surface area contributed by atoms with Crippen LogP contribution in [0.1, 0.15) is 16.7 Å². The number of methoxy groups -OCH3 is 2. The molecule has 0 fully saturated rings. The second-order valence-electron chi connectivity index (χ2n) is 7.46. The molecule has 8 nitrogen and oxygen atoms in total. The summed E-state index contributed by atoms with van der Waals surface area (Å²) in [6, 6.07) is 16.9. The normalized spacial score (nSPS) is 14.4. The van der Waals surface area contributed by atoms with Crippen LogP contribution in [0, 0.1) is 17.0 Å². The molecule has 0 spiro atoms. The highest BCUT2D eigenvalue weighted by atomic mass is 79.9. The van der Waals surface area contributed by atoms with Crippen LogP contribution in [0.5, 0.6) is 11.5 Å². The van der Waals surface area contributed by atoms with E-state index in [-0.39, 0.29) is 17.3 Å². The lowest BCUT2D eigenvalue weighted by atomic mass is 10.1. The van der Waals surface area contributed by atoms with Crippen molar-refractivity contribution in [3.63, 3.8) is 0 Å². The predicted molar refractivity (Wildman–Crippen MR) is 134 cm³/mol. The third-order valence-corrected chi connectivity index (χ3v) is 5.93. The zero-order valence-corrected chi connectivity index (χ0v) is 20.2. The van der Waals surface area contributed by atoms with E-state index in [2.05, 4.69) is 20.9 Å². The van der Waals surface area contributed by atoms with Gasteiger partial charge in [0.2, 0.25) is 0 Å². The van der Waals surface area contributed by atoms with E-state index in [1.165, 1.54) is 17.0 Å². The highest BCUT2D eigenvalue weighted by Crippen LogP contribution is 2.33. The van der Waals surface area contributed by atoms with Crippen LogP contribution in [0.3, 0.4) is 0 Å². The van der Waals surface area contributed by atoms with Crippen molar-refractivity contribution in [2.24, 2.45) is 4.99 Å². The van der Waals surface area contributed by atoms with Crippen molar-refractivity contribution >= 4 is 45.1 Å². The zero-order valence-electron chi connectivity index (χ0n) is 18.6. The molecule has 0 saturated heterocycles. The first kappa shape index (κ1) is 23.2. The molecular weight excluding hydrogens is 502 g/mol. The molecule has 172 valence electrons. The Kier molecular flexibility index (Phi) is 6.47. The van der Waals surface area contributed by atoms with Gasteiger partial charge in [-0.2, -0.15) is 0 Å². The molecule has 3 aromatic rings. The molecule has 0 bridgehead atoms. The number of non-ortho nitro benzene ring substituents is 1. The zero-order chi connectivity index (χ0) is 24.4. The van der Waals surface area contributed by atoms with Gasteiger partial charge in [0.15, 0.2) is 0 Å². The average Bonchev–Trinajstić information content (AvgIpc) is 3.15. The number of anilines is 1. The number of carbonyl (C=O) groups is 1. The molecular formula is C25H20BrN3O5. The van der Waals surface area contributed by atoms with E-state index in [0.717, 1.165) is 10.0 Å². The number of nitrogens with zero attached hydrogens (tertiary/aromatic N) is 3. The van der Waals surface area contributed by atoms with Gasteiger partial charge in [-0.05, 0) is 88.6 Å². The van der Waals surface area contributed by atoms with E-state index >= 15 is 0 Å². The molecule has 1 aliphatic rings. The van der Waals surface area contributed by atoms with Gasteiger partial charge < -0.3 is 9.47 Å². The van der Waals surface area contributed by atoms with E-state index < -0.39 is 4.92 Å². The van der Waals surface area contributed by atoms with E-state index in [1.807, 2.05) is 25.1 Å². The van der Waals surface area contributed by atoms with Crippen LogP contribution in [-0.2, 0) is 4.79 Å². The maximum atomic E-state index is 13.5. The van der Waals surface area contributed by atoms with E-state index in [9.17, 15) is 14.9 Å². The van der Waals surface area contributed by atoms with Gasteiger partial charge in [-0.25, -0.2) is 4.99 Å². The van der Waals surface area contributed by atoms with Crippen molar-refractivity contribution in [2.45, 2.75) is 6.92 Å². The van der Waals surface area contributed by atoms with Crippen LogP contribution in [0.4, 0.5) is 11.4 Å². The first-order valence-corrected chi connectivity index (χ1v) is 11.0. The summed E-state index contributed by atoms with van der Waals surface area (Å²) in [5.41, 5.74) is 3.03. The Morgan fingerprint density at radius 1 is 1.00 bits per heavy atom. The molecule has 9 heteroatoms. The Balaban J connectivity index is 1.82. The number of ether oxygens (including phenoxy) is 2. The quantitative estimate of drug-likeness (QED) is 0.242. The van der Waals surface area contributed by atoms with Crippen LogP contribution in [0.2, 0.25) is 0 Å². The first-order valence-electron chi connectivity index (χ1n) is 10.2. The van der Waals surface area contributed by atoms with Gasteiger partial charge in [0.25, 0.3) is 11.6 Å². The first-order chi connectivity index (χ1) is 16.3. The largest absolute Gasteiger partial charge is 0.496 e. The number of nitro groups is 1. The van der Waals surface area contributed by atoms with Gasteiger partial charge in [0.1, 0.15) is 23.0 Å². The Labute approximate surface area is 204 Å². The molecule has 0 aliphatic carbocycles. The second kappa shape index (κ2) is 9.48. The molecule has 1 aliphatic heterocycles. The lowest BCUT2D eigenvalue weighted by Crippen LogP contribution is -2.32. The van der Waals surface area contributed by atoms with Crippen LogP contribution in [0.15, 0.2) is 75.8 Å². The smallest absolute Gasteiger partial charge is 0.282 e. The van der Waals surface area contributed by atoms with Crippen molar-refractivity contribution in [3.8, 4) is 11.5 Å². The van der Waals surface area contributed by atoms with E-state index in [0.29, 0.717) is 34.1 Å². The summed E-state index contributed by atoms with van der Waals surface area (Å²) in [7, 11) is 3.17. The number of hydrogen-bond acceptors (Lipinski definition) is 6. The molecule has 0 radical (unpaired) electrons. The third kappa shape index (κ3) is 4.42. The summed E-state index contributed by atoms with van der Waals surface area (Å²) in [4.78, 5) is 30.2. The number of benzene rings is 3. The number of amides is 1. The SMILES string of the molecule is COc1ccc(N2C(=O)/C(=C\c3ccc([N+](=O)[O-])cc3)N=C2c2ccc(OC)c(Br)c2)cc1C. The topological polar surface area (TPSA) is 94.3 Å². The Morgan fingerprint density at radius 2 is 1.68 bits per heavy atom. The van der Waals surface area contributed by atoms with Crippen LogP contribution < -0.4 is 14.4 Å². The Bertz CT molecular complexity index is 1350. The van der Waals surface area contributed by atoms with Gasteiger partial charge in [0, 0.05) is 17.7 Å². The number of amidine groups is 1. The standard InChI is InChI=1S/C25H20BrN3O5/c1-15-12-19(9-11-22(15)33-2)28-24(17-6-10-23(34-3)20(26)14-17)27-21(25(28)30)13-16-4-7-18(8-5-16)29(31)32/h4-14H,1-3H3/b21-13+. The summed E-state index contributed by atoms with van der Waals surface area (Å²) in [5.74, 6) is 1.50. The number of rotatable bonds is 6. The van der Waals surface area contributed by atoms with E-state index in [1.54, 1.807) is 50.6 Å². The molecule has 0 N–H and O–H groups in total. The van der Waals surface area contributed by atoms with Crippen LogP contribution in [0.25, 0.3) is 6.08 Å². The van der Waals surface area contributed by atoms with Crippen LogP contribution >= 0.6 is 15.9 Å². The van der Waals surface area contributed by atoms with Crippen molar-refractivity contribution < 1.29 is 19.2 Å². The molecule has 0 unspecified atom stereocenters. The summed E-state index contributed by atoms with van der Waals surface area (Å²) in [6.07, 6.45) is 1.61. The average molecular weight is 522 g/mol. The Hall–Kier alpha value is -3.98. The summed E-state index contributed by atoms with van der Waals surface area (Å²) in [5, 5.41) is 10.9. The lowest BCUT2D eigenvalue weighted by Gasteiger charge is -2.20. The molecule has 0 saturated carbocycles. The number of aliphatic imine (C=N–C) groups is 1. The molecule has 34 heavy (non-hydrogen) atoms. The minimum atomic E-state index is -0.469. The predicted octanol–water partition coefficient (Wildman–Crippen LogP) is 5.52. The number of hydrogen-bond donors (Lipinski definition) is 0. The highest BCUT2D eigenvalue weighted by molar-refractivity contribution is 9.10. The fraction of sp³-hybridized carbons (Fsp3) is 0.120. The molecule has 4 rings (SSSR count). The number of carbonyl (C=O) groups excluding carboxylic acids is 1. The minimum absolute atomic E-state index is 0.0255. The molecule has 1 amide bonds. The summed E-state index contributed by atoms with van der Waals surface area (Å²) in [6.45, 7) is 1.90. The molecule has 1 heterocycles. The lowest BCUT2D eigenvalue weighted by molar-refractivity contribution is -0.384. The summed E-state index contributed by atoms with van der Waals surface area (Å²) < 4.78 is 11.4. The van der Waals surface area contributed by atoms with E-state index in [4.69, 9.17) is 9.47 Å².